The molecule has 1 N–H and O–H groups in total. The van der Waals surface area contributed by atoms with Gasteiger partial charge in [-0.15, -0.1) is 0 Å². The van der Waals surface area contributed by atoms with Crippen molar-refractivity contribution in [3.63, 3.8) is 0 Å². The van der Waals surface area contributed by atoms with Crippen molar-refractivity contribution in [1.29, 1.82) is 0 Å². The van der Waals surface area contributed by atoms with Gasteiger partial charge >= 0.3 is 0 Å². The highest BCUT2D eigenvalue weighted by atomic mass is 14.9. The molecule has 1 nitrogen and oxygen atoms in total. The summed E-state index contributed by atoms with van der Waals surface area (Å²) in [5, 5.41) is 3.91. The predicted molar refractivity (Wildman–Crippen MR) is 93.6 cm³/mol. The van der Waals surface area contributed by atoms with Gasteiger partial charge in [0.05, 0.1) is 0 Å². The van der Waals surface area contributed by atoms with Crippen LogP contribution in [0.2, 0.25) is 0 Å². The summed E-state index contributed by atoms with van der Waals surface area (Å²) in [6.07, 6.45) is 19.3. The van der Waals surface area contributed by atoms with Crippen molar-refractivity contribution >= 4 is 0 Å². The molecule has 0 aromatic rings. The fraction of sp³-hybridized carbons (Fsp3) is 1.00. The number of rotatable bonds is 7. The van der Waals surface area contributed by atoms with Gasteiger partial charge in [-0.25, -0.2) is 0 Å². The Morgan fingerprint density at radius 1 is 0.810 bits per heavy atom. The first kappa shape index (κ1) is 17.3. The van der Waals surface area contributed by atoms with Gasteiger partial charge in [0, 0.05) is 6.04 Å². The van der Waals surface area contributed by atoms with Crippen LogP contribution in [0.1, 0.15) is 97.3 Å². The number of nitrogens with one attached hydrogen (secondary N) is 1. The molecule has 1 atom stereocenters. The van der Waals surface area contributed by atoms with Gasteiger partial charge in [0.2, 0.25) is 0 Å². The monoisotopic (exact) mass is 293 g/mol. The van der Waals surface area contributed by atoms with Gasteiger partial charge in [-0.2, -0.15) is 0 Å². The molecule has 0 amide bonds. The molecule has 2 saturated carbocycles. The largest absolute Gasteiger partial charge is 0.314 e. The second-order valence-corrected chi connectivity index (χ2v) is 7.76. The number of hydrogen-bond acceptors (Lipinski definition) is 1. The van der Waals surface area contributed by atoms with Gasteiger partial charge in [-0.1, -0.05) is 71.6 Å². The standard InChI is InChI=1S/C20H39N/c1-3-5-10-17-13-15-19(16-14-17)20(21-4-2)18-11-8-6-7-9-12-18/h17-21H,3-16H2,1-2H3. The maximum Gasteiger partial charge on any atom is 0.0123 e. The molecule has 2 fully saturated rings. The van der Waals surface area contributed by atoms with Crippen LogP contribution in [0.25, 0.3) is 0 Å². The Morgan fingerprint density at radius 3 is 2.00 bits per heavy atom. The SMILES string of the molecule is CCCCC1CCC(C(NCC)C2CCCCCC2)CC1. The van der Waals surface area contributed by atoms with Crippen LogP contribution in [0, 0.1) is 17.8 Å². The van der Waals surface area contributed by atoms with E-state index in [9.17, 15) is 0 Å². The minimum Gasteiger partial charge on any atom is -0.314 e. The molecule has 1 unspecified atom stereocenters. The van der Waals surface area contributed by atoms with Crippen molar-refractivity contribution in [2.24, 2.45) is 17.8 Å². The van der Waals surface area contributed by atoms with E-state index in [1.807, 2.05) is 0 Å². The third-order valence-electron chi connectivity index (χ3n) is 6.21. The van der Waals surface area contributed by atoms with Crippen LogP contribution in [-0.4, -0.2) is 12.6 Å². The fourth-order valence-corrected chi connectivity index (χ4v) is 4.95. The van der Waals surface area contributed by atoms with Crippen molar-refractivity contribution in [2.45, 2.75) is 103 Å². The molecule has 0 saturated heterocycles. The highest BCUT2D eigenvalue weighted by Crippen LogP contribution is 2.38. The van der Waals surface area contributed by atoms with Gasteiger partial charge in [-0.3, -0.25) is 0 Å². The average Bonchev–Trinajstić information content (AvgIpc) is 2.80. The first-order chi connectivity index (χ1) is 10.3. The van der Waals surface area contributed by atoms with E-state index in [1.165, 1.54) is 83.5 Å². The Balaban J connectivity index is 1.83. The van der Waals surface area contributed by atoms with Crippen molar-refractivity contribution in [2.75, 3.05) is 6.54 Å². The van der Waals surface area contributed by atoms with E-state index in [0.717, 1.165) is 30.3 Å². The Kier molecular flexibility index (Phi) is 8.14. The molecular weight excluding hydrogens is 254 g/mol. The summed E-state index contributed by atoms with van der Waals surface area (Å²) in [5.41, 5.74) is 0. The van der Waals surface area contributed by atoms with E-state index in [1.54, 1.807) is 0 Å². The zero-order valence-corrected chi connectivity index (χ0v) is 14.7. The molecule has 124 valence electrons. The summed E-state index contributed by atoms with van der Waals surface area (Å²) in [6, 6.07) is 0.834. The van der Waals surface area contributed by atoms with E-state index in [0.29, 0.717) is 0 Å². The molecule has 0 heterocycles. The number of hydrogen-bond donors (Lipinski definition) is 1. The van der Waals surface area contributed by atoms with E-state index >= 15 is 0 Å². The van der Waals surface area contributed by atoms with Crippen molar-refractivity contribution in [3.05, 3.63) is 0 Å². The summed E-state index contributed by atoms with van der Waals surface area (Å²) in [4.78, 5) is 0. The van der Waals surface area contributed by atoms with Crippen molar-refractivity contribution < 1.29 is 0 Å². The van der Waals surface area contributed by atoms with Crippen LogP contribution in [-0.2, 0) is 0 Å². The van der Waals surface area contributed by atoms with Crippen LogP contribution in [0.15, 0.2) is 0 Å². The fourth-order valence-electron chi connectivity index (χ4n) is 4.95. The first-order valence-corrected chi connectivity index (χ1v) is 10.1. The zero-order chi connectivity index (χ0) is 14.9. The van der Waals surface area contributed by atoms with E-state index < -0.39 is 0 Å². The van der Waals surface area contributed by atoms with Crippen LogP contribution in [0.3, 0.4) is 0 Å². The Labute approximate surface area is 133 Å². The van der Waals surface area contributed by atoms with E-state index in [4.69, 9.17) is 0 Å². The molecule has 1 heteroatoms. The average molecular weight is 294 g/mol. The molecule has 0 aromatic carbocycles. The second-order valence-electron chi connectivity index (χ2n) is 7.76. The molecule has 2 aliphatic rings. The summed E-state index contributed by atoms with van der Waals surface area (Å²) >= 11 is 0. The predicted octanol–water partition coefficient (Wildman–Crippen LogP) is 5.93. The Morgan fingerprint density at radius 2 is 1.43 bits per heavy atom. The highest BCUT2D eigenvalue weighted by molar-refractivity contribution is 4.87. The lowest BCUT2D eigenvalue weighted by Crippen LogP contribution is -2.43. The summed E-state index contributed by atoms with van der Waals surface area (Å²) < 4.78 is 0. The molecule has 0 aromatic heterocycles. The van der Waals surface area contributed by atoms with Gasteiger partial charge in [0.15, 0.2) is 0 Å². The molecule has 0 radical (unpaired) electrons. The molecule has 0 spiro atoms. The number of unbranched alkanes of at least 4 members (excludes halogenated alkanes) is 1. The highest BCUT2D eigenvalue weighted by Gasteiger charge is 2.32. The zero-order valence-electron chi connectivity index (χ0n) is 14.7. The molecule has 21 heavy (non-hydrogen) atoms. The van der Waals surface area contributed by atoms with Gasteiger partial charge in [-0.05, 0) is 50.0 Å². The molecule has 0 bridgehead atoms. The van der Waals surface area contributed by atoms with Gasteiger partial charge in [0.1, 0.15) is 0 Å². The lowest BCUT2D eigenvalue weighted by Gasteiger charge is -2.38. The van der Waals surface area contributed by atoms with Gasteiger partial charge in [0.25, 0.3) is 0 Å². The smallest absolute Gasteiger partial charge is 0.0123 e. The summed E-state index contributed by atoms with van der Waals surface area (Å²) in [6.45, 7) is 5.80. The van der Waals surface area contributed by atoms with Crippen LogP contribution in [0.4, 0.5) is 0 Å². The molecule has 0 aliphatic heterocycles. The maximum absolute atomic E-state index is 3.91. The van der Waals surface area contributed by atoms with E-state index in [-0.39, 0.29) is 0 Å². The quantitative estimate of drug-likeness (QED) is 0.573. The third kappa shape index (κ3) is 5.58. The van der Waals surface area contributed by atoms with Crippen LogP contribution >= 0.6 is 0 Å². The lowest BCUT2D eigenvalue weighted by molar-refractivity contribution is 0.164. The Hall–Kier alpha value is -0.0400. The topological polar surface area (TPSA) is 12.0 Å². The van der Waals surface area contributed by atoms with Crippen molar-refractivity contribution in [1.82, 2.24) is 5.32 Å². The minimum atomic E-state index is 0.834. The third-order valence-corrected chi connectivity index (χ3v) is 6.21. The molecular formula is C20H39N. The first-order valence-electron chi connectivity index (χ1n) is 10.1. The normalized spacial score (nSPS) is 30.0. The molecule has 2 rings (SSSR count). The van der Waals surface area contributed by atoms with Crippen LogP contribution < -0.4 is 5.32 Å². The van der Waals surface area contributed by atoms with Crippen molar-refractivity contribution in [3.8, 4) is 0 Å². The lowest BCUT2D eigenvalue weighted by atomic mass is 9.72. The minimum absolute atomic E-state index is 0.834. The van der Waals surface area contributed by atoms with Gasteiger partial charge < -0.3 is 5.32 Å². The Bertz CT molecular complexity index is 247. The maximum atomic E-state index is 3.91. The second kappa shape index (κ2) is 9.87. The molecule has 2 aliphatic carbocycles. The summed E-state index contributed by atoms with van der Waals surface area (Å²) in [5.74, 6) is 3.01. The van der Waals surface area contributed by atoms with Crippen LogP contribution in [0.5, 0.6) is 0 Å². The van der Waals surface area contributed by atoms with E-state index in [2.05, 4.69) is 19.2 Å². The summed E-state index contributed by atoms with van der Waals surface area (Å²) in [7, 11) is 0.